The lowest BCUT2D eigenvalue weighted by molar-refractivity contribution is -0.129. The predicted octanol–water partition coefficient (Wildman–Crippen LogP) is 1.18. The molecule has 1 saturated carbocycles. The molecule has 0 radical (unpaired) electrons. The van der Waals surface area contributed by atoms with E-state index in [2.05, 4.69) is 17.6 Å². The number of hydrogen-bond acceptors (Lipinski definition) is 3. The first-order valence-electron chi connectivity index (χ1n) is 7.81. The third kappa shape index (κ3) is 2.52. The van der Waals surface area contributed by atoms with Crippen LogP contribution in [0.5, 0.6) is 0 Å². The maximum Gasteiger partial charge on any atom is 0.225 e. The van der Waals surface area contributed by atoms with Crippen LogP contribution in [0.1, 0.15) is 51.9 Å². The molecule has 1 amide bonds. The summed E-state index contributed by atoms with van der Waals surface area (Å²) in [5.41, 5.74) is -0.351. The lowest BCUT2D eigenvalue weighted by Crippen LogP contribution is -2.56. The maximum atomic E-state index is 12.5. The van der Waals surface area contributed by atoms with Crippen LogP contribution in [0.2, 0.25) is 0 Å². The minimum atomic E-state index is -0.351. The van der Waals surface area contributed by atoms with E-state index in [-0.39, 0.29) is 24.0 Å². The van der Waals surface area contributed by atoms with Gasteiger partial charge in [-0.05, 0) is 38.0 Å². The first kappa shape index (κ1) is 13.4. The predicted molar refractivity (Wildman–Crippen MR) is 73.6 cm³/mol. The van der Waals surface area contributed by atoms with Gasteiger partial charge in [-0.3, -0.25) is 4.79 Å². The smallest absolute Gasteiger partial charge is 0.225 e. The van der Waals surface area contributed by atoms with Crippen LogP contribution in [0.15, 0.2) is 0 Å². The summed E-state index contributed by atoms with van der Waals surface area (Å²) in [6, 6.07) is 0.929. The fraction of sp³-hybridized carbons (Fsp3) is 0.933. The Morgan fingerprint density at radius 1 is 1.42 bits per heavy atom. The molecule has 2 heterocycles. The van der Waals surface area contributed by atoms with Crippen LogP contribution in [0.4, 0.5) is 0 Å². The molecule has 2 aliphatic heterocycles. The van der Waals surface area contributed by atoms with Gasteiger partial charge in [-0.1, -0.05) is 19.8 Å². The fourth-order valence-electron chi connectivity index (χ4n) is 4.42. The van der Waals surface area contributed by atoms with Crippen molar-refractivity contribution >= 4 is 5.91 Å². The Morgan fingerprint density at radius 2 is 2.26 bits per heavy atom. The second-order valence-electron chi connectivity index (χ2n) is 7.02. The number of carbonyl (C=O) groups excluding carboxylic acids is 1. The maximum absolute atomic E-state index is 12.5. The number of nitrogens with one attached hydrogen (secondary N) is 2. The summed E-state index contributed by atoms with van der Waals surface area (Å²) in [6.45, 7) is 2.30. The second kappa shape index (κ2) is 5.06. The van der Waals surface area contributed by atoms with E-state index in [0.29, 0.717) is 18.0 Å². The quantitative estimate of drug-likeness (QED) is 0.719. The Balaban J connectivity index is 1.64. The topological polar surface area (TPSA) is 61.4 Å². The van der Waals surface area contributed by atoms with Gasteiger partial charge in [0.2, 0.25) is 5.91 Å². The number of aliphatic hydroxyl groups excluding tert-OH is 1. The molecular formula is C15H26N2O2. The molecule has 1 aliphatic carbocycles. The van der Waals surface area contributed by atoms with Gasteiger partial charge in [0.15, 0.2) is 0 Å². The second-order valence-corrected chi connectivity index (χ2v) is 7.02. The van der Waals surface area contributed by atoms with E-state index >= 15 is 0 Å². The number of fused-ring (bicyclic) bond motifs is 2. The summed E-state index contributed by atoms with van der Waals surface area (Å²) in [7, 11) is 0. The van der Waals surface area contributed by atoms with Gasteiger partial charge >= 0.3 is 0 Å². The molecule has 3 aliphatic rings. The lowest BCUT2D eigenvalue weighted by atomic mass is 9.76. The SMILES string of the molecule is CC1CCCC(CO)(NC(=O)C2CC3CCC2N3)C1. The first-order chi connectivity index (χ1) is 9.12. The van der Waals surface area contributed by atoms with E-state index in [1.165, 1.54) is 12.8 Å². The molecule has 4 nitrogen and oxygen atoms in total. The van der Waals surface area contributed by atoms with E-state index in [1.54, 1.807) is 0 Å². The minimum absolute atomic E-state index is 0.0807. The third-order valence-corrected chi connectivity index (χ3v) is 5.42. The summed E-state index contributed by atoms with van der Waals surface area (Å²) in [5, 5.41) is 16.5. The van der Waals surface area contributed by atoms with Gasteiger partial charge < -0.3 is 15.7 Å². The van der Waals surface area contributed by atoms with E-state index in [1.807, 2.05) is 0 Å². The summed E-state index contributed by atoms with van der Waals surface area (Å²) in [6.07, 6.45) is 7.50. The fourth-order valence-corrected chi connectivity index (χ4v) is 4.42. The molecule has 0 aromatic rings. The summed E-state index contributed by atoms with van der Waals surface area (Å²) in [5.74, 6) is 0.890. The van der Waals surface area contributed by atoms with Crippen molar-refractivity contribution in [2.45, 2.75) is 69.5 Å². The molecule has 2 bridgehead atoms. The zero-order valence-corrected chi connectivity index (χ0v) is 11.8. The van der Waals surface area contributed by atoms with Crippen LogP contribution in [0.3, 0.4) is 0 Å². The number of rotatable bonds is 3. The summed E-state index contributed by atoms with van der Waals surface area (Å²) >= 11 is 0. The molecule has 5 atom stereocenters. The van der Waals surface area contributed by atoms with Gasteiger partial charge in [-0.25, -0.2) is 0 Å². The molecule has 5 unspecified atom stereocenters. The van der Waals surface area contributed by atoms with E-state index in [4.69, 9.17) is 0 Å². The van der Waals surface area contributed by atoms with Crippen LogP contribution >= 0.6 is 0 Å². The standard InChI is InChI=1S/C15H26N2O2/c1-10-3-2-6-15(8-10,9-18)17-14(19)12-7-11-4-5-13(12)16-11/h10-13,16,18H,2-9H2,1H3,(H,17,19). The molecule has 2 saturated heterocycles. The van der Waals surface area contributed by atoms with Crippen LogP contribution in [0, 0.1) is 11.8 Å². The zero-order valence-electron chi connectivity index (χ0n) is 11.8. The Hall–Kier alpha value is -0.610. The van der Waals surface area contributed by atoms with Crippen molar-refractivity contribution in [1.82, 2.24) is 10.6 Å². The minimum Gasteiger partial charge on any atom is -0.394 e. The van der Waals surface area contributed by atoms with Crippen molar-refractivity contribution in [2.75, 3.05) is 6.61 Å². The van der Waals surface area contributed by atoms with E-state index < -0.39 is 0 Å². The normalized spacial score (nSPS) is 45.4. The van der Waals surface area contributed by atoms with Crippen molar-refractivity contribution in [3.63, 3.8) is 0 Å². The first-order valence-corrected chi connectivity index (χ1v) is 7.81. The number of carbonyl (C=O) groups is 1. The number of amides is 1. The molecule has 3 N–H and O–H groups in total. The molecule has 0 aromatic heterocycles. The highest BCUT2D eigenvalue weighted by atomic mass is 16.3. The molecule has 0 aromatic carbocycles. The summed E-state index contributed by atoms with van der Waals surface area (Å²) in [4.78, 5) is 12.5. The van der Waals surface area contributed by atoms with Gasteiger partial charge in [0.25, 0.3) is 0 Å². The summed E-state index contributed by atoms with van der Waals surface area (Å²) < 4.78 is 0. The highest BCUT2D eigenvalue weighted by Gasteiger charge is 2.45. The van der Waals surface area contributed by atoms with Gasteiger partial charge in [-0.15, -0.1) is 0 Å². The average Bonchev–Trinajstić information content (AvgIpc) is 3.01. The van der Waals surface area contributed by atoms with E-state index in [9.17, 15) is 9.90 Å². The molecule has 0 spiro atoms. The highest BCUT2D eigenvalue weighted by Crippen LogP contribution is 2.36. The Labute approximate surface area is 115 Å². The van der Waals surface area contributed by atoms with Gasteiger partial charge in [0, 0.05) is 12.1 Å². The number of aliphatic hydroxyl groups is 1. The van der Waals surface area contributed by atoms with Crippen LogP contribution in [0.25, 0.3) is 0 Å². The van der Waals surface area contributed by atoms with E-state index in [0.717, 1.165) is 32.1 Å². The number of hydrogen-bond donors (Lipinski definition) is 3. The molecule has 3 fully saturated rings. The molecule has 108 valence electrons. The molecule has 4 heteroatoms. The van der Waals surface area contributed by atoms with Crippen LogP contribution < -0.4 is 10.6 Å². The van der Waals surface area contributed by atoms with Crippen molar-refractivity contribution in [1.29, 1.82) is 0 Å². The van der Waals surface area contributed by atoms with Crippen LogP contribution in [-0.2, 0) is 4.79 Å². The van der Waals surface area contributed by atoms with Gasteiger partial charge in [0.05, 0.1) is 18.1 Å². The van der Waals surface area contributed by atoms with Crippen molar-refractivity contribution in [3.05, 3.63) is 0 Å². The van der Waals surface area contributed by atoms with Gasteiger partial charge in [0.1, 0.15) is 0 Å². The largest absolute Gasteiger partial charge is 0.394 e. The Morgan fingerprint density at radius 3 is 2.84 bits per heavy atom. The van der Waals surface area contributed by atoms with Crippen molar-refractivity contribution < 1.29 is 9.90 Å². The third-order valence-electron chi connectivity index (χ3n) is 5.42. The monoisotopic (exact) mass is 266 g/mol. The molecule has 19 heavy (non-hydrogen) atoms. The molecule has 3 rings (SSSR count). The van der Waals surface area contributed by atoms with Crippen molar-refractivity contribution in [3.8, 4) is 0 Å². The lowest BCUT2D eigenvalue weighted by Gasteiger charge is -2.40. The van der Waals surface area contributed by atoms with Crippen molar-refractivity contribution in [2.24, 2.45) is 11.8 Å². The van der Waals surface area contributed by atoms with Gasteiger partial charge in [-0.2, -0.15) is 0 Å². The Kier molecular flexibility index (Phi) is 3.56. The highest BCUT2D eigenvalue weighted by molar-refractivity contribution is 5.81. The average molecular weight is 266 g/mol. The molecular weight excluding hydrogens is 240 g/mol. The Bertz CT molecular complexity index is 360. The zero-order chi connectivity index (χ0) is 13.5. The van der Waals surface area contributed by atoms with Crippen LogP contribution in [-0.4, -0.2) is 35.2 Å².